The van der Waals surface area contributed by atoms with Gasteiger partial charge in [-0.2, -0.15) is 5.10 Å². The van der Waals surface area contributed by atoms with Crippen LogP contribution in [0.4, 0.5) is 5.13 Å². The first kappa shape index (κ1) is 16.5. The minimum absolute atomic E-state index is 0.100. The third-order valence-electron chi connectivity index (χ3n) is 3.09. The number of aromatic nitrogens is 1. The molecule has 6 nitrogen and oxygen atoms in total. The van der Waals surface area contributed by atoms with E-state index in [0.29, 0.717) is 16.3 Å². The minimum atomic E-state index is -0.379. The van der Waals surface area contributed by atoms with Gasteiger partial charge in [0.2, 0.25) is 0 Å². The smallest absolute Gasteiger partial charge is 0.271 e. The lowest BCUT2D eigenvalue weighted by molar-refractivity contribution is 0.0955. The summed E-state index contributed by atoms with van der Waals surface area (Å²) in [5.41, 5.74) is 9.76. The number of rotatable bonds is 3. The predicted molar refractivity (Wildman–Crippen MR) is 97.2 cm³/mol. The van der Waals surface area contributed by atoms with E-state index in [4.69, 9.17) is 28.9 Å². The summed E-state index contributed by atoms with van der Waals surface area (Å²) >= 11 is 12.9. The summed E-state index contributed by atoms with van der Waals surface area (Å²) < 4.78 is 0.821. The van der Waals surface area contributed by atoms with E-state index in [9.17, 15) is 9.90 Å². The van der Waals surface area contributed by atoms with Gasteiger partial charge in [0.05, 0.1) is 26.5 Å². The van der Waals surface area contributed by atoms with Crippen LogP contribution in [0.2, 0.25) is 10.0 Å². The zero-order valence-electron chi connectivity index (χ0n) is 12.0. The molecular weight excluding hydrogens is 371 g/mol. The molecule has 3 rings (SSSR count). The van der Waals surface area contributed by atoms with Gasteiger partial charge in [-0.05, 0) is 35.9 Å². The Hall–Kier alpha value is -2.35. The van der Waals surface area contributed by atoms with Crippen molar-refractivity contribution in [2.75, 3.05) is 5.73 Å². The maximum absolute atomic E-state index is 12.1. The van der Waals surface area contributed by atoms with E-state index in [1.807, 2.05) is 0 Å². The summed E-state index contributed by atoms with van der Waals surface area (Å²) in [6, 6.07) is 8.01. The Balaban J connectivity index is 1.74. The largest absolute Gasteiger partial charge is 0.505 e. The van der Waals surface area contributed by atoms with Crippen molar-refractivity contribution in [2.45, 2.75) is 0 Å². The molecule has 1 heterocycles. The second kappa shape index (κ2) is 6.64. The van der Waals surface area contributed by atoms with E-state index < -0.39 is 0 Å². The second-order valence-electron chi connectivity index (χ2n) is 4.77. The lowest BCUT2D eigenvalue weighted by Crippen LogP contribution is -2.17. The SMILES string of the molecule is Nc1nc2ccc(C(=O)N/N=C\c3cc(Cl)c(O)c(Cl)c3)cc2s1. The number of benzene rings is 2. The van der Waals surface area contributed by atoms with Crippen LogP contribution in [0.1, 0.15) is 15.9 Å². The number of nitrogens with zero attached hydrogens (tertiary/aromatic N) is 2. The fourth-order valence-corrected chi connectivity index (χ4v) is 3.25. The number of phenols is 1. The predicted octanol–water partition coefficient (Wildman–Crippen LogP) is 3.65. The van der Waals surface area contributed by atoms with E-state index in [0.717, 1.165) is 10.2 Å². The Morgan fingerprint density at radius 3 is 2.71 bits per heavy atom. The number of thiazole rings is 1. The number of amides is 1. The molecule has 1 amide bonds. The molecule has 9 heteroatoms. The second-order valence-corrected chi connectivity index (χ2v) is 6.64. The van der Waals surface area contributed by atoms with Crippen molar-refractivity contribution in [3.8, 4) is 5.75 Å². The number of fused-ring (bicyclic) bond motifs is 1. The maximum atomic E-state index is 12.1. The van der Waals surface area contributed by atoms with Crippen LogP contribution in [0, 0.1) is 0 Å². The van der Waals surface area contributed by atoms with Crippen molar-refractivity contribution in [2.24, 2.45) is 5.10 Å². The molecule has 4 N–H and O–H groups in total. The molecule has 0 saturated heterocycles. The van der Waals surface area contributed by atoms with Gasteiger partial charge in [-0.25, -0.2) is 10.4 Å². The first-order valence-corrected chi connectivity index (χ1v) is 8.19. The summed E-state index contributed by atoms with van der Waals surface area (Å²) in [5, 5.41) is 14.0. The van der Waals surface area contributed by atoms with Gasteiger partial charge in [-0.3, -0.25) is 4.79 Å². The van der Waals surface area contributed by atoms with Crippen molar-refractivity contribution in [3.05, 3.63) is 51.5 Å². The van der Waals surface area contributed by atoms with Gasteiger partial charge >= 0.3 is 0 Å². The van der Waals surface area contributed by atoms with Crippen molar-refractivity contribution in [1.82, 2.24) is 10.4 Å². The van der Waals surface area contributed by atoms with Gasteiger partial charge in [0.25, 0.3) is 5.91 Å². The van der Waals surface area contributed by atoms with Crippen molar-refractivity contribution >= 4 is 62.0 Å². The number of nitrogen functional groups attached to an aromatic ring is 1. The van der Waals surface area contributed by atoms with Crippen LogP contribution in [0.15, 0.2) is 35.4 Å². The highest BCUT2D eigenvalue weighted by atomic mass is 35.5. The van der Waals surface area contributed by atoms with Gasteiger partial charge in [-0.15, -0.1) is 0 Å². The molecule has 0 aliphatic carbocycles. The highest BCUT2D eigenvalue weighted by molar-refractivity contribution is 7.22. The zero-order valence-corrected chi connectivity index (χ0v) is 14.3. The summed E-state index contributed by atoms with van der Waals surface area (Å²) in [6.07, 6.45) is 1.37. The number of hydrogen-bond acceptors (Lipinski definition) is 6. The maximum Gasteiger partial charge on any atom is 0.271 e. The van der Waals surface area contributed by atoms with Crippen molar-refractivity contribution in [1.29, 1.82) is 0 Å². The molecule has 1 aromatic heterocycles. The van der Waals surface area contributed by atoms with Crippen molar-refractivity contribution < 1.29 is 9.90 Å². The Bertz CT molecular complexity index is 948. The molecule has 122 valence electrons. The zero-order chi connectivity index (χ0) is 17.3. The monoisotopic (exact) mass is 380 g/mol. The summed E-state index contributed by atoms with van der Waals surface area (Å²) in [7, 11) is 0. The van der Waals surface area contributed by atoms with E-state index in [2.05, 4.69) is 15.5 Å². The Morgan fingerprint density at radius 1 is 1.29 bits per heavy atom. The number of phenolic OH excluding ortho intramolecular Hbond substituents is 1. The van der Waals surface area contributed by atoms with Gasteiger partial charge in [0.1, 0.15) is 0 Å². The quantitative estimate of drug-likeness (QED) is 0.476. The number of anilines is 1. The summed E-state index contributed by atoms with van der Waals surface area (Å²) in [6.45, 7) is 0. The van der Waals surface area contributed by atoms with Crippen LogP contribution in [-0.2, 0) is 0 Å². The molecule has 0 saturated carbocycles. The fraction of sp³-hybridized carbons (Fsp3) is 0. The van der Waals surface area contributed by atoms with Gasteiger partial charge in [0.15, 0.2) is 10.9 Å². The third-order valence-corrected chi connectivity index (χ3v) is 4.51. The number of aromatic hydroxyl groups is 1. The molecule has 0 spiro atoms. The Morgan fingerprint density at radius 2 is 2.00 bits per heavy atom. The fourth-order valence-electron chi connectivity index (χ4n) is 1.97. The molecular formula is C15H10Cl2N4O2S. The molecule has 0 fully saturated rings. The lowest BCUT2D eigenvalue weighted by atomic mass is 10.2. The summed E-state index contributed by atoms with van der Waals surface area (Å²) in [5.74, 6) is -0.576. The van der Waals surface area contributed by atoms with Gasteiger partial charge in [-0.1, -0.05) is 34.5 Å². The highest BCUT2D eigenvalue weighted by Crippen LogP contribution is 2.32. The molecule has 0 radical (unpaired) electrons. The number of carbonyl (C=O) groups excluding carboxylic acids is 1. The molecule has 0 unspecified atom stereocenters. The van der Waals surface area contributed by atoms with E-state index in [1.165, 1.54) is 29.7 Å². The average Bonchev–Trinajstić information content (AvgIpc) is 2.91. The van der Waals surface area contributed by atoms with Crippen molar-refractivity contribution in [3.63, 3.8) is 0 Å². The lowest BCUT2D eigenvalue weighted by Gasteiger charge is -2.02. The van der Waals surface area contributed by atoms with Crippen LogP contribution in [0.3, 0.4) is 0 Å². The number of halogens is 2. The Labute approximate surface area is 150 Å². The molecule has 0 bridgehead atoms. The Kier molecular flexibility index (Phi) is 4.57. The van der Waals surface area contributed by atoms with Crippen LogP contribution in [-0.4, -0.2) is 22.2 Å². The number of carbonyl (C=O) groups is 1. The molecule has 0 aliphatic rings. The van der Waals surface area contributed by atoms with Gasteiger partial charge < -0.3 is 10.8 Å². The first-order valence-electron chi connectivity index (χ1n) is 6.61. The van der Waals surface area contributed by atoms with Crippen LogP contribution < -0.4 is 11.2 Å². The normalized spacial score (nSPS) is 11.2. The first-order chi connectivity index (χ1) is 11.4. The standard InChI is InChI=1S/C15H10Cl2N4O2S/c16-9-3-7(4-10(17)13(9)22)6-19-21-14(23)8-1-2-11-12(5-8)24-15(18)20-11/h1-6,22H,(H2,18,20)(H,21,23)/b19-6-. The number of hydrogen-bond donors (Lipinski definition) is 3. The van der Waals surface area contributed by atoms with Crippen LogP contribution in [0.25, 0.3) is 10.2 Å². The number of nitrogens with two attached hydrogens (primary N) is 1. The number of nitrogens with one attached hydrogen (secondary N) is 1. The topological polar surface area (TPSA) is 101 Å². The molecule has 0 aliphatic heterocycles. The minimum Gasteiger partial charge on any atom is -0.505 e. The van der Waals surface area contributed by atoms with Crippen LogP contribution >= 0.6 is 34.5 Å². The molecule has 24 heavy (non-hydrogen) atoms. The van der Waals surface area contributed by atoms with E-state index >= 15 is 0 Å². The molecule has 3 aromatic rings. The molecule has 2 aromatic carbocycles. The van der Waals surface area contributed by atoms with Crippen LogP contribution in [0.5, 0.6) is 5.75 Å². The third kappa shape index (κ3) is 3.43. The number of hydrazone groups is 1. The highest BCUT2D eigenvalue weighted by Gasteiger charge is 2.08. The average molecular weight is 381 g/mol. The summed E-state index contributed by atoms with van der Waals surface area (Å²) in [4.78, 5) is 16.2. The van der Waals surface area contributed by atoms with Gasteiger partial charge in [0, 0.05) is 5.56 Å². The molecule has 0 atom stereocenters. The van der Waals surface area contributed by atoms with E-state index in [-0.39, 0.29) is 21.7 Å². The van der Waals surface area contributed by atoms with E-state index in [1.54, 1.807) is 18.2 Å².